The Bertz CT molecular complexity index is 524. The first-order valence-corrected chi connectivity index (χ1v) is 20.3. The van der Waals surface area contributed by atoms with E-state index in [2.05, 4.69) is 55.4 Å². The van der Waals surface area contributed by atoms with Crippen molar-refractivity contribution >= 4 is 59.5 Å². The number of rotatable bonds is 20. The molecule has 0 saturated heterocycles. The normalized spacial score (nSPS) is 16.6. The summed E-state index contributed by atoms with van der Waals surface area (Å²) in [4.78, 5) is 0. The van der Waals surface area contributed by atoms with Gasteiger partial charge in [-0.15, -0.1) is 0 Å². The molecule has 4 unspecified atom stereocenters. The molecule has 0 aliphatic heterocycles. The second-order valence-electron chi connectivity index (χ2n) is 9.70. The average Bonchev–Trinajstić information content (AvgIpc) is 2.77. The molecule has 0 aliphatic carbocycles. The van der Waals surface area contributed by atoms with Crippen molar-refractivity contribution in [3.8, 4) is 0 Å². The molecule has 0 radical (unpaired) electrons. The summed E-state index contributed by atoms with van der Waals surface area (Å²) in [6, 6.07) is 0. The minimum Gasteiger partial charge on any atom is -0.691 e. The first kappa shape index (κ1) is 41.9. The van der Waals surface area contributed by atoms with Crippen LogP contribution in [0, 0.1) is 23.7 Å². The van der Waals surface area contributed by atoms with Gasteiger partial charge in [-0.2, -0.15) is 0 Å². The second-order valence-corrected chi connectivity index (χ2v) is 19.7. The van der Waals surface area contributed by atoms with Crippen LogP contribution in [0.25, 0.3) is 0 Å². The van der Waals surface area contributed by atoms with E-state index in [0.717, 1.165) is 12.8 Å². The molecule has 4 nitrogen and oxygen atoms in total. The van der Waals surface area contributed by atoms with Gasteiger partial charge in [-0.1, -0.05) is 118 Å². The largest absolute Gasteiger partial charge is 2.00 e. The van der Waals surface area contributed by atoms with Crippen LogP contribution in [0.5, 0.6) is 0 Å². The molecule has 11 heteroatoms. The number of unbranched alkanes of at least 4 members (excludes halogenated alkanes) is 2. The first-order valence-electron chi connectivity index (χ1n) is 13.0. The van der Waals surface area contributed by atoms with E-state index in [9.17, 15) is 0 Å². The maximum absolute atomic E-state index is 5.65. The predicted octanol–water partition coefficient (Wildman–Crippen LogP) is 9.32. The molecule has 0 heterocycles. The van der Waals surface area contributed by atoms with Crippen molar-refractivity contribution in [2.75, 3.05) is 26.4 Å². The molecule has 0 aliphatic rings. The van der Waals surface area contributed by atoms with Crippen molar-refractivity contribution < 1.29 is 37.6 Å². The Balaban J connectivity index is -0.000000569. The van der Waals surface area contributed by atoms with E-state index in [1.54, 1.807) is 0 Å². The topological polar surface area (TPSA) is 36.9 Å². The molecule has 0 aromatic heterocycles. The van der Waals surface area contributed by atoms with Crippen molar-refractivity contribution in [2.45, 2.75) is 107 Å². The third-order valence-electron chi connectivity index (χ3n) is 5.16. The fourth-order valence-electron chi connectivity index (χ4n) is 2.74. The zero-order chi connectivity index (χ0) is 26.6. The summed E-state index contributed by atoms with van der Waals surface area (Å²) in [5.74, 6) is 2.04. The summed E-state index contributed by atoms with van der Waals surface area (Å²) in [7, 11) is 0. The van der Waals surface area contributed by atoms with Crippen LogP contribution in [-0.2, 0) is 85.7 Å². The van der Waals surface area contributed by atoms with Gasteiger partial charge in [-0.05, 0) is 36.5 Å². The second kappa shape index (κ2) is 25.4. The average molecular weight is 660 g/mol. The Kier molecular flexibility index (Phi) is 30.5. The zero-order valence-corrected chi connectivity index (χ0v) is 31.7. The van der Waals surface area contributed by atoms with E-state index in [4.69, 9.17) is 66.2 Å². The van der Waals surface area contributed by atoms with Gasteiger partial charge in [0.1, 0.15) is 0 Å². The Morgan fingerprint density at radius 3 is 1.11 bits per heavy atom. The van der Waals surface area contributed by atoms with E-state index in [0.29, 0.717) is 50.1 Å². The molecule has 4 atom stereocenters. The third-order valence-corrected chi connectivity index (χ3v) is 9.55. The van der Waals surface area contributed by atoms with Gasteiger partial charge in [-0.25, -0.2) is 0 Å². The van der Waals surface area contributed by atoms with Crippen LogP contribution in [0.4, 0.5) is 0 Å². The Morgan fingerprint density at radius 1 is 0.600 bits per heavy atom. The quantitative estimate of drug-likeness (QED) is 0.0727. The SMILES string of the molecule is CCCCC(CC)COP(=S)([S-])OCC(C)C.CCCCC(CC)COP(=S)([S-])OCC(C)C.[Zn+2]. The van der Waals surface area contributed by atoms with E-state index >= 15 is 0 Å². The van der Waals surface area contributed by atoms with Gasteiger partial charge in [0.2, 0.25) is 0 Å². The molecule has 0 aromatic carbocycles. The van der Waals surface area contributed by atoms with Crippen LogP contribution in [0.15, 0.2) is 0 Å². The van der Waals surface area contributed by atoms with Gasteiger partial charge in [0.15, 0.2) is 0 Å². The molecule has 0 saturated carbocycles. The van der Waals surface area contributed by atoms with Crippen molar-refractivity contribution in [1.29, 1.82) is 0 Å². The van der Waals surface area contributed by atoms with E-state index in [1.165, 1.54) is 38.5 Å². The standard InChI is InChI=1S/2C12H27O2PS2.Zn/c2*1-5-7-8-12(6-2)10-14-15(16,17)13-9-11(3)4;/h2*11-12H,5-10H2,1-4H3,(H,16,17);/q;;+2/p-2. The van der Waals surface area contributed by atoms with Gasteiger partial charge >= 0.3 is 19.5 Å². The first-order chi connectivity index (χ1) is 15.8. The fourth-order valence-corrected chi connectivity index (χ4v) is 6.10. The van der Waals surface area contributed by atoms with Crippen LogP contribution >= 0.6 is 11.4 Å². The maximum atomic E-state index is 5.65. The van der Waals surface area contributed by atoms with Crippen LogP contribution in [0.3, 0.4) is 0 Å². The molecule has 0 spiro atoms. The van der Waals surface area contributed by atoms with Crippen LogP contribution in [0.2, 0.25) is 0 Å². The smallest absolute Gasteiger partial charge is 0.691 e. The van der Waals surface area contributed by atoms with Gasteiger partial charge in [0, 0.05) is 0 Å². The molecule has 208 valence electrons. The molecule has 0 rings (SSSR count). The Labute approximate surface area is 252 Å². The van der Waals surface area contributed by atoms with Crippen molar-refractivity contribution in [3.63, 3.8) is 0 Å². The molecule has 35 heavy (non-hydrogen) atoms. The van der Waals surface area contributed by atoms with Gasteiger partial charge in [-0.3, -0.25) is 0 Å². The van der Waals surface area contributed by atoms with Crippen molar-refractivity contribution in [3.05, 3.63) is 0 Å². The molecule has 0 aromatic rings. The number of hydrogen-bond donors (Lipinski definition) is 0. The number of hydrogen-bond acceptors (Lipinski definition) is 8. The zero-order valence-electron chi connectivity index (χ0n) is 23.7. The third kappa shape index (κ3) is 29.3. The Morgan fingerprint density at radius 2 is 0.886 bits per heavy atom. The molecule has 0 N–H and O–H groups in total. The van der Waals surface area contributed by atoms with Crippen LogP contribution < -0.4 is 0 Å². The molecular formula is C24H52O4P2S4Zn. The molecule has 0 fully saturated rings. The summed E-state index contributed by atoms with van der Waals surface area (Å²) in [5, 5.41) is 0. The predicted molar refractivity (Wildman–Crippen MR) is 163 cm³/mol. The van der Waals surface area contributed by atoms with E-state index in [-0.39, 0.29) is 19.5 Å². The summed E-state index contributed by atoms with van der Waals surface area (Å²) in [5.41, 5.74) is -4.86. The summed E-state index contributed by atoms with van der Waals surface area (Å²) < 4.78 is 22.3. The van der Waals surface area contributed by atoms with E-state index in [1.807, 2.05) is 0 Å². The minimum absolute atomic E-state index is 0. The van der Waals surface area contributed by atoms with Gasteiger partial charge in [0.25, 0.3) is 0 Å². The van der Waals surface area contributed by atoms with Crippen LogP contribution in [0.1, 0.15) is 107 Å². The monoisotopic (exact) mass is 658 g/mol. The van der Waals surface area contributed by atoms with E-state index < -0.39 is 11.4 Å². The maximum Gasteiger partial charge on any atom is 2.00 e. The molecule has 0 amide bonds. The van der Waals surface area contributed by atoms with Gasteiger partial charge < -0.3 is 42.6 Å². The summed E-state index contributed by atoms with van der Waals surface area (Å²) in [6.45, 7) is 19.7. The summed E-state index contributed by atoms with van der Waals surface area (Å²) in [6.07, 6.45) is 9.57. The molecule has 0 bridgehead atoms. The fraction of sp³-hybridized carbons (Fsp3) is 1.00. The molecular weight excluding hydrogens is 608 g/mol. The van der Waals surface area contributed by atoms with Gasteiger partial charge in [0.05, 0.1) is 37.8 Å². The van der Waals surface area contributed by atoms with Crippen molar-refractivity contribution in [1.82, 2.24) is 0 Å². The van der Waals surface area contributed by atoms with Crippen LogP contribution in [-0.4, -0.2) is 26.4 Å². The minimum atomic E-state index is -2.43. The Hall–Kier alpha value is 2.46. The summed E-state index contributed by atoms with van der Waals surface area (Å²) >= 11 is 20.9. The van der Waals surface area contributed by atoms with Crippen molar-refractivity contribution in [2.24, 2.45) is 23.7 Å².